The Balaban J connectivity index is 1.44. The van der Waals surface area contributed by atoms with Crippen LogP contribution in [0.1, 0.15) is 55.3 Å². The van der Waals surface area contributed by atoms with Gasteiger partial charge < -0.3 is 9.73 Å². The van der Waals surface area contributed by atoms with E-state index in [0.717, 1.165) is 37.9 Å². The van der Waals surface area contributed by atoms with Gasteiger partial charge in [-0.1, -0.05) is 61.4 Å². The van der Waals surface area contributed by atoms with Crippen LogP contribution in [-0.4, -0.2) is 38.4 Å². The van der Waals surface area contributed by atoms with Crippen molar-refractivity contribution in [2.24, 2.45) is 0 Å². The third kappa shape index (κ3) is 6.62. The van der Waals surface area contributed by atoms with Gasteiger partial charge in [-0.2, -0.15) is 0 Å². The molecule has 1 fully saturated rings. The Hall–Kier alpha value is -3.92. The predicted molar refractivity (Wildman–Crippen MR) is 151 cm³/mol. The Morgan fingerprint density at radius 1 is 1.05 bits per heavy atom. The summed E-state index contributed by atoms with van der Waals surface area (Å²) in [6, 6.07) is 17.7. The van der Waals surface area contributed by atoms with Gasteiger partial charge in [-0.05, 0) is 61.7 Å². The van der Waals surface area contributed by atoms with Gasteiger partial charge in [0.1, 0.15) is 23.4 Å². The quantitative estimate of drug-likeness (QED) is 0.250. The number of carbonyl (C=O) groups is 2. The normalized spacial score (nSPS) is 14.6. The van der Waals surface area contributed by atoms with Crippen molar-refractivity contribution in [3.8, 4) is 0 Å². The van der Waals surface area contributed by atoms with Gasteiger partial charge in [0.05, 0.1) is 18.6 Å². The van der Waals surface area contributed by atoms with Crippen molar-refractivity contribution in [1.29, 1.82) is 0 Å². The number of para-hydroxylation sites is 1. The molecule has 5 rings (SSSR count). The standard InChI is InChI=1S/C30H32FN5O3S/c1-21-33-34-30(35(21)19-26-13-8-18-39-26)40-20-27(37)36(25-11-6-3-7-12-25)28(22-14-16-23(31)17-15-22)29(38)32-24-9-4-2-5-10-24/h3,6-8,11-18,24,28H,2,4-5,9-10,19-20H2,1H3,(H,32,38)/t28-/m1/s1. The summed E-state index contributed by atoms with van der Waals surface area (Å²) < 4.78 is 21.3. The highest BCUT2D eigenvalue weighted by atomic mass is 32.2. The Labute approximate surface area is 237 Å². The first-order valence-corrected chi connectivity index (χ1v) is 14.5. The number of furan rings is 1. The molecule has 0 saturated heterocycles. The number of carbonyl (C=O) groups excluding carboxylic acids is 2. The molecule has 0 unspecified atom stereocenters. The number of benzene rings is 2. The van der Waals surface area contributed by atoms with Crippen LogP contribution in [0.15, 0.2) is 82.6 Å². The summed E-state index contributed by atoms with van der Waals surface area (Å²) in [5.41, 5.74) is 1.11. The molecule has 2 heterocycles. The average molecular weight is 562 g/mol. The first kappa shape index (κ1) is 27.6. The van der Waals surface area contributed by atoms with Gasteiger partial charge in [0.2, 0.25) is 11.8 Å². The van der Waals surface area contributed by atoms with Crippen molar-refractivity contribution in [2.45, 2.75) is 62.8 Å². The lowest BCUT2D eigenvalue weighted by Crippen LogP contribution is -2.47. The summed E-state index contributed by atoms with van der Waals surface area (Å²) in [5.74, 6) is 0.487. The first-order chi connectivity index (χ1) is 19.5. The van der Waals surface area contributed by atoms with Crippen LogP contribution in [0, 0.1) is 12.7 Å². The summed E-state index contributed by atoms with van der Waals surface area (Å²) >= 11 is 1.25. The molecule has 8 nitrogen and oxygen atoms in total. The average Bonchev–Trinajstić information content (AvgIpc) is 3.62. The maximum Gasteiger partial charge on any atom is 0.248 e. The molecule has 10 heteroatoms. The van der Waals surface area contributed by atoms with E-state index < -0.39 is 11.9 Å². The summed E-state index contributed by atoms with van der Waals surface area (Å²) in [6.07, 6.45) is 6.69. The van der Waals surface area contributed by atoms with E-state index in [2.05, 4.69) is 15.5 Å². The third-order valence-corrected chi connectivity index (χ3v) is 8.02. The highest BCUT2D eigenvalue weighted by molar-refractivity contribution is 7.99. The largest absolute Gasteiger partial charge is 0.467 e. The molecule has 0 spiro atoms. The van der Waals surface area contributed by atoms with Gasteiger partial charge in [0, 0.05) is 11.7 Å². The zero-order chi connectivity index (χ0) is 27.9. The number of nitrogens with zero attached hydrogens (tertiary/aromatic N) is 4. The van der Waals surface area contributed by atoms with Gasteiger partial charge >= 0.3 is 0 Å². The molecular weight excluding hydrogens is 529 g/mol. The van der Waals surface area contributed by atoms with Crippen LogP contribution in [0.4, 0.5) is 10.1 Å². The van der Waals surface area contributed by atoms with Crippen LogP contribution in [0.2, 0.25) is 0 Å². The van der Waals surface area contributed by atoms with Crippen molar-refractivity contribution in [3.05, 3.63) is 96.0 Å². The topological polar surface area (TPSA) is 93.3 Å². The number of anilines is 1. The van der Waals surface area contributed by atoms with Crippen molar-refractivity contribution in [1.82, 2.24) is 20.1 Å². The van der Waals surface area contributed by atoms with Crippen LogP contribution in [-0.2, 0) is 16.1 Å². The number of aryl methyl sites for hydroxylation is 1. The van der Waals surface area contributed by atoms with Crippen molar-refractivity contribution in [2.75, 3.05) is 10.7 Å². The van der Waals surface area contributed by atoms with Crippen LogP contribution in [0.25, 0.3) is 0 Å². The van der Waals surface area contributed by atoms with E-state index in [4.69, 9.17) is 4.42 Å². The second-order valence-electron chi connectivity index (χ2n) is 9.88. The highest BCUT2D eigenvalue weighted by Crippen LogP contribution is 2.31. The molecule has 4 aromatic rings. The van der Waals surface area contributed by atoms with Crippen LogP contribution < -0.4 is 10.2 Å². The van der Waals surface area contributed by atoms with Crippen LogP contribution in [0.5, 0.6) is 0 Å². The van der Waals surface area contributed by atoms with E-state index in [1.165, 1.54) is 28.8 Å². The van der Waals surface area contributed by atoms with Gasteiger partial charge in [-0.15, -0.1) is 10.2 Å². The Kier molecular flexibility index (Phi) is 8.95. The molecule has 2 amide bonds. The maximum atomic E-state index is 14.0. The molecule has 0 radical (unpaired) electrons. The minimum Gasteiger partial charge on any atom is -0.467 e. The minimum absolute atomic E-state index is 0.0135. The molecule has 1 saturated carbocycles. The molecule has 1 aliphatic carbocycles. The van der Waals surface area contributed by atoms with Crippen molar-refractivity contribution >= 4 is 29.3 Å². The summed E-state index contributed by atoms with van der Waals surface area (Å²) in [7, 11) is 0. The first-order valence-electron chi connectivity index (χ1n) is 13.5. The summed E-state index contributed by atoms with van der Waals surface area (Å²) in [5, 5.41) is 12.2. The second kappa shape index (κ2) is 13.0. The molecule has 1 aliphatic rings. The number of hydrogen-bond acceptors (Lipinski definition) is 6. The van der Waals surface area contributed by atoms with E-state index >= 15 is 0 Å². The number of aromatic nitrogens is 3. The highest BCUT2D eigenvalue weighted by Gasteiger charge is 2.34. The fourth-order valence-electron chi connectivity index (χ4n) is 5.02. The minimum atomic E-state index is -0.972. The lowest BCUT2D eigenvalue weighted by molar-refractivity contribution is -0.126. The molecule has 2 aromatic heterocycles. The maximum absolute atomic E-state index is 14.0. The molecule has 40 heavy (non-hydrogen) atoms. The van der Waals surface area contributed by atoms with Crippen molar-refractivity contribution in [3.63, 3.8) is 0 Å². The zero-order valence-electron chi connectivity index (χ0n) is 22.3. The van der Waals surface area contributed by atoms with Gasteiger partial charge in [0.25, 0.3) is 0 Å². The van der Waals surface area contributed by atoms with Gasteiger partial charge in [-0.3, -0.25) is 19.1 Å². The van der Waals surface area contributed by atoms with E-state index in [0.29, 0.717) is 28.8 Å². The van der Waals surface area contributed by atoms with E-state index in [9.17, 15) is 14.0 Å². The number of rotatable bonds is 10. The monoisotopic (exact) mass is 561 g/mol. The molecular formula is C30H32FN5O3S. The number of nitrogens with one attached hydrogen (secondary N) is 1. The second-order valence-corrected chi connectivity index (χ2v) is 10.8. The smallest absolute Gasteiger partial charge is 0.248 e. The lowest BCUT2D eigenvalue weighted by Gasteiger charge is -2.33. The number of thioether (sulfide) groups is 1. The Morgan fingerprint density at radius 2 is 1.80 bits per heavy atom. The molecule has 1 atom stereocenters. The summed E-state index contributed by atoms with van der Waals surface area (Å²) in [6.45, 7) is 2.28. The number of hydrogen-bond donors (Lipinski definition) is 1. The fraction of sp³-hybridized carbons (Fsp3) is 0.333. The number of halogens is 1. The number of amides is 2. The SMILES string of the molecule is Cc1nnc(SCC(=O)N(c2ccccc2)[C@@H](C(=O)NC2CCCCC2)c2ccc(F)cc2)n1Cc1ccco1. The molecule has 1 N–H and O–H groups in total. The molecule has 208 valence electrons. The van der Waals surface area contributed by atoms with E-state index in [1.807, 2.05) is 41.8 Å². The van der Waals surface area contributed by atoms with Crippen molar-refractivity contribution < 1.29 is 18.4 Å². The van der Waals surface area contributed by atoms with Crippen LogP contribution in [0.3, 0.4) is 0 Å². The zero-order valence-corrected chi connectivity index (χ0v) is 23.1. The van der Waals surface area contributed by atoms with Gasteiger partial charge in [0.15, 0.2) is 5.16 Å². The van der Waals surface area contributed by atoms with E-state index in [1.54, 1.807) is 30.5 Å². The molecule has 0 bridgehead atoms. The van der Waals surface area contributed by atoms with Gasteiger partial charge in [-0.25, -0.2) is 4.39 Å². The van der Waals surface area contributed by atoms with Crippen LogP contribution >= 0.6 is 11.8 Å². The van der Waals surface area contributed by atoms with E-state index in [-0.39, 0.29) is 23.6 Å². The fourth-order valence-corrected chi connectivity index (χ4v) is 5.86. The Morgan fingerprint density at radius 3 is 2.50 bits per heavy atom. The lowest BCUT2D eigenvalue weighted by atomic mass is 9.94. The summed E-state index contributed by atoms with van der Waals surface area (Å²) in [4.78, 5) is 29.4. The predicted octanol–water partition coefficient (Wildman–Crippen LogP) is 5.68. The Bertz CT molecular complexity index is 1400. The molecule has 2 aromatic carbocycles. The third-order valence-electron chi connectivity index (χ3n) is 7.07. The molecule has 0 aliphatic heterocycles.